The van der Waals surface area contributed by atoms with Gasteiger partial charge in [-0.1, -0.05) is 0 Å². The molecule has 6 heteroatoms. The third-order valence-electron chi connectivity index (χ3n) is 1.79. The first-order valence-corrected chi connectivity index (χ1v) is 4.30. The number of aliphatic hydroxyl groups is 1. The first kappa shape index (κ1) is 13.2. The van der Waals surface area contributed by atoms with E-state index in [4.69, 9.17) is 5.11 Å². The van der Waals surface area contributed by atoms with Gasteiger partial charge in [-0.25, -0.2) is 0 Å². The molecule has 0 saturated carbocycles. The molecule has 84 valence electrons. The first-order chi connectivity index (χ1) is 6.38. The van der Waals surface area contributed by atoms with Crippen molar-refractivity contribution in [3.05, 3.63) is 0 Å². The molecule has 0 fully saturated rings. The molecule has 0 aliphatic rings. The van der Waals surface area contributed by atoms with Gasteiger partial charge in [0.05, 0.1) is 12.5 Å². The van der Waals surface area contributed by atoms with Gasteiger partial charge >= 0.3 is 6.18 Å². The van der Waals surface area contributed by atoms with E-state index < -0.39 is 18.7 Å². The Kier molecular flexibility index (Phi) is 5.52. The Morgan fingerprint density at radius 2 is 2.07 bits per heavy atom. The molecule has 0 aliphatic heterocycles. The number of halogens is 3. The molecule has 0 aromatic heterocycles. The Balaban J connectivity index is 3.69. The molecule has 0 aromatic carbocycles. The summed E-state index contributed by atoms with van der Waals surface area (Å²) in [5.74, 6) is -1.95. The van der Waals surface area contributed by atoms with Gasteiger partial charge < -0.3 is 10.4 Å². The maximum absolute atomic E-state index is 12.1. The smallest absolute Gasteiger partial charge is 0.394 e. The second-order valence-electron chi connectivity index (χ2n) is 3.05. The van der Waals surface area contributed by atoms with Crippen molar-refractivity contribution in [2.24, 2.45) is 5.92 Å². The number of amides is 1. The highest BCUT2D eigenvalue weighted by molar-refractivity contribution is 5.72. The van der Waals surface area contributed by atoms with Crippen molar-refractivity contribution in [1.82, 2.24) is 5.32 Å². The number of aliphatic hydroxyl groups excluding tert-OH is 1. The van der Waals surface area contributed by atoms with Crippen LogP contribution in [0.1, 0.15) is 19.8 Å². The van der Waals surface area contributed by atoms with Gasteiger partial charge in [0.2, 0.25) is 5.91 Å². The van der Waals surface area contributed by atoms with Crippen molar-refractivity contribution >= 4 is 5.91 Å². The van der Waals surface area contributed by atoms with E-state index in [0.29, 0.717) is 0 Å². The van der Waals surface area contributed by atoms with Crippen molar-refractivity contribution < 1.29 is 23.1 Å². The zero-order valence-electron chi connectivity index (χ0n) is 7.90. The van der Waals surface area contributed by atoms with E-state index >= 15 is 0 Å². The second kappa shape index (κ2) is 5.85. The van der Waals surface area contributed by atoms with Crippen LogP contribution < -0.4 is 5.32 Å². The highest BCUT2D eigenvalue weighted by atomic mass is 19.4. The Labute approximate surface area is 80.3 Å². The molecule has 0 spiro atoms. The highest BCUT2D eigenvalue weighted by Gasteiger charge is 2.38. The molecule has 0 saturated heterocycles. The highest BCUT2D eigenvalue weighted by Crippen LogP contribution is 2.28. The van der Waals surface area contributed by atoms with Crippen LogP contribution >= 0.6 is 0 Å². The summed E-state index contributed by atoms with van der Waals surface area (Å²) in [6.45, 7) is 0.610. The average Bonchev–Trinajstić information content (AvgIpc) is 2.01. The van der Waals surface area contributed by atoms with Gasteiger partial charge in [0.15, 0.2) is 0 Å². The van der Waals surface area contributed by atoms with Crippen LogP contribution in [0.3, 0.4) is 0 Å². The monoisotopic (exact) mass is 213 g/mol. The van der Waals surface area contributed by atoms with Crippen LogP contribution in [-0.2, 0) is 4.79 Å². The van der Waals surface area contributed by atoms with Crippen LogP contribution in [0.5, 0.6) is 0 Å². The third kappa shape index (κ3) is 5.80. The van der Waals surface area contributed by atoms with Gasteiger partial charge in [-0.3, -0.25) is 4.79 Å². The fourth-order valence-electron chi connectivity index (χ4n) is 0.971. The molecule has 1 amide bonds. The molecule has 2 N–H and O–H groups in total. The SMILES string of the molecule is CC(=O)NCCCC(CO)C(F)(F)F. The Bertz CT molecular complexity index is 182. The van der Waals surface area contributed by atoms with Crippen LogP contribution in [0.4, 0.5) is 13.2 Å². The van der Waals surface area contributed by atoms with Crippen LogP contribution in [0.15, 0.2) is 0 Å². The summed E-state index contributed by atoms with van der Waals surface area (Å²) in [6.07, 6.45) is -4.31. The number of hydrogen-bond donors (Lipinski definition) is 2. The molecule has 1 atom stereocenters. The summed E-state index contributed by atoms with van der Waals surface area (Å²) in [4.78, 5) is 10.4. The Hall–Kier alpha value is -0.780. The van der Waals surface area contributed by atoms with Gasteiger partial charge in [-0.15, -0.1) is 0 Å². The normalized spacial score (nSPS) is 13.8. The van der Waals surface area contributed by atoms with Crippen molar-refractivity contribution in [2.45, 2.75) is 25.9 Å². The summed E-state index contributed by atoms with van der Waals surface area (Å²) >= 11 is 0. The maximum atomic E-state index is 12.1. The topological polar surface area (TPSA) is 49.3 Å². The number of rotatable bonds is 5. The van der Waals surface area contributed by atoms with E-state index in [0.717, 1.165) is 0 Å². The van der Waals surface area contributed by atoms with Crippen LogP contribution in [0, 0.1) is 5.92 Å². The minimum Gasteiger partial charge on any atom is -0.396 e. The number of carbonyl (C=O) groups excluding carboxylic acids is 1. The molecule has 3 nitrogen and oxygen atoms in total. The molecule has 14 heavy (non-hydrogen) atoms. The lowest BCUT2D eigenvalue weighted by atomic mass is 10.0. The lowest BCUT2D eigenvalue weighted by molar-refractivity contribution is -0.185. The fraction of sp³-hybridized carbons (Fsp3) is 0.875. The van der Waals surface area contributed by atoms with Crippen LogP contribution in [0.2, 0.25) is 0 Å². The maximum Gasteiger partial charge on any atom is 0.394 e. The standard InChI is InChI=1S/C8H14F3NO2/c1-6(14)12-4-2-3-7(5-13)8(9,10)11/h7,13H,2-5H2,1H3,(H,12,14). The summed E-state index contributed by atoms with van der Waals surface area (Å²) in [5, 5.41) is 10.9. The lowest BCUT2D eigenvalue weighted by Crippen LogP contribution is -2.28. The summed E-state index contributed by atoms with van der Waals surface area (Å²) in [7, 11) is 0. The Morgan fingerprint density at radius 1 is 1.50 bits per heavy atom. The number of carbonyl (C=O) groups is 1. The summed E-state index contributed by atoms with van der Waals surface area (Å²) in [5.41, 5.74) is 0. The predicted octanol–water partition coefficient (Wildman–Crippen LogP) is 1.07. The summed E-state index contributed by atoms with van der Waals surface area (Å²) < 4.78 is 36.2. The van der Waals surface area contributed by atoms with Crippen molar-refractivity contribution in [3.8, 4) is 0 Å². The van der Waals surface area contributed by atoms with E-state index in [1.807, 2.05) is 0 Å². The third-order valence-corrected chi connectivity index (χ3v) is 1.79. The van der Waals surface area contributed by atoms with Crippen molar-refractivity contribution in [2.75, 3.05) is 13.2 Å². The van der Waals surface area contributed by atoms with Gasteiger partial charge in [-0.2, -0.15) is 13.2 Å². The number of alkyl halides is 3. The van der Waals surface area contributed by atoms with E-state index in [1.165, 1.54) is 6.92 Å². The quantitative estimate of drug-likeness (QED) is 0.671. The fourth-order valence-corrected chi connectivity index (χ4v) is 0.971. The van der Waals surface area contributed by atoms with Crippen molar-refractivity contribution in [1.29, 1.82) is 0 Å². The second-order valence-corrected chi connectivity index (χ2v) is 3.05. The molecule has 0 aliphatic carbocycles. The van der Waals surface area contributed by atoms with E-state index in [1.54, 1.807) is 0 Å². The molecular weight excluding hydrogens is 199 g/mol. The van der Waals surface area contributed by atoms with E-state index in [9.17, 15) is 18.0 Å². The number of nitrogens with one attached hydrogen (secondary N) is 1. The van der Waals surface area contributed by atoms with Gasteiger partial charge in [0.25, 0.3) is 0 Å². The zero-order chi connectivity index (χ0) is 11.2. The minimum absolute atomic E-state index is 0.166. The minimum atomic E-state index is -4.36. The van der Waals surface area contributed by atoms with E-state index in [2.05, 4.69) is 5.32 Å². The zero-order valence-corrected chi connectivity index (χ0v) is 7.90. The van der Waals surface area contributed by atoms with Gasteiger partial charge in [0, 0.05) is 13.5 Å². The molecular formula is C8H14F3NO2. The molecule has 1 unspecified atom stereocenters. The largest absolute Gasteiger partial charge is 0.396 e. The molecule has 0 rings (SSSR count). The molecule has 0 heterocycles. The van der Waals surface area contributed by atoms with Gasteiger partial charge in [-0.05, 0) is 12.8 Å². The predicted molar refractivity (Wildman–Crippen MR) is 44.5 cm³/mol. The van der Waals surface area contributed by atoms with Crippen LogP contribution in [-0.4, -0.2) is 30.3 Å². The molecule has 0 bridgehead atoms. The number of hydrogen-bond acceptors (Lipinski definition) is 2. The Morgan fingerprint density at radius 3 is 2.43 bits per heavy atom. The van der Waals surface area contributed by atoms with Crippen molar-refractivity contribution in [3.63, 3.8) is 0 Å². The lowest BCUT2D eigenvalue weighted by Gasteiger charge is -2.17. The van der Waals surface area contributed by atoms with Crippen LogP contribution in [0.25, 0.3) is 0 Å². The first-order valence-electron chi connectivity index (χ1n) is 4.30. The molecule has 0 aromatic rings. The van der Waals surface area contributed by atoms with E-state index in [-0.39, 0.29) is 25.3 Å². The average molecular weight is 213 g/mol. The van der Waals surface area contributed by atoms with Gasteiger partial charge in [0.1, 0.15) is 0 Å². The molecule has 0 radical (unpaired) electrons. The summed E-state index contributed by atoms with van der Waals surface area (Å²) in [6, 6.07) is 0.